The van der Waals surface area contributed by atoms with Crippen molar-refractivity contribution >= 4 is 16.9 Å². The zero-order valence-corrected chi connectivity index (χ0v) is 17.4. The van der Waals surface area contributed by atoms with Gasteiger partial charge in [0, 0.05) is 38.1 Å². The van der Waals surface area contributed by atoms with E-state index in [4.69, 9.17) is 0 Å². The van der Waals surface area contributed by atoms with Crippen molar-refractivity contribution in [3.63, 3.8) is 0 Å². The first kappa shape index (κ1) is 20.2. The number of carbonyl (C=O) groups excluding carboxylic acids is 1. The van der Waals surface area contributed by atoms with Crippen LogP contribution in [-0.2, 0) is 19.4 Å². The molecule has 30 heavy (non-hydrogen) atoms. The summed E-state index contributed by atoms with van der Waals surface area (Å²) in [7, 11) is 1.61. The molecule has 0 aromatic carbocycles. The van der Waals surface area contributed by atoms with E-state index >= 15 is 0 Å². The van der Waals surface area contributed by atoms with Gasteiger partial charge in [-0.3, -0.25) is 24.5 Å². The van der Waals surface area contributed by atoms with E-state index in [1.54, 1.807) is 19.3 Å². The first-order valence-electron chi connectivity index (χ1n) is 10.5. The Morgan fingerprint density at radius 3 is 2.80 bits per heavy atom. The molecule has 1 atom stereocenters. The first-order valence-corrected chi connectivity index (χ1v) is 10.5. The summed E-state index contributed by atoms with van der Waals surface area (Å²) in [6.07, 6.45) is 6.51. The molecule has 1 unspecified atom stereocenters. The molecule has 3 aromatic rings. The molecule has 7 heteroatoms. The lowest BCUT2D eigenvalue weighted by molar-refractivity contribution is 0.0958. The molecule has 0 spiro atoms. The molecule has 1 aliphatic rings. The van der Waals surface area contributed by atoms with Gasteiger partial charge in [-0.2, -0.15) is 0 Å². The summed E-state index contributed by atoms with van der Waals surface area (Å²) in [4.78, 5) is 37.9. The Labute approximate surface area is 175 Å². The average Bonchev–Trinajstić information content (AvgIpc) is 3.19. The minimum absolute atomic E-state index is 0.0266. The van der Waals surface area contributed by atoms with Crippen LogP contribution in [0.2, 0.25) is 0 Å². The number of carbonyl (C=O) groups is 1. The fraction of sp³-hybridized carbons (Fsp3) is 0.391. The quantitative estimate of drug-likeness (QED) is 0.657. The van der Waals surface area contributed by atoms with E-state index in [-0.39, 0.29) is 11.5 Å². The summed E-state index contributed by atoms with van der Waals surface area (Å²) < 4.78 is 0. The number of likely N-dealkylation sites (tertiary alicyclic amines) is 1. The highest BCUT2D eigenvalue weighted by Crippen LogP contribution is 2.23. The van der Waals surface area contributed by atoms with Gasteiger partial charge in [-0.15, -0.1) is 0 Å². The van der Waals surface area contributed by atoms with Gasteiger partial charge in [-0.05, 0) is 61.1 Å². The van der Waals surface area contributed by atoms with Gasteiger partial charge < -0.3 is 10.3 Å². The van der Waals surface area contributed by atoms with Crippen LogP contribution in [0.3, 0.4) is 0 Å². The monoisotopic (exact) mass is 405 g/mol. The van der Waals surface area contributed by atoms with E-state index in [1.807, 2.05) is 31.3 Å². The van der Waals surface area contributed by atoms with Crippen LogP contribution in [0.1, 0.15) is 40.5 Å². The van der Waals surface area contributed by atoms with Crippen molar-refractivity contribution < 1.29 is 4.79 Å². The minimum atomic E-state index is -0.162. The van der Waals surface area contributed by atoms with E-state index < -0.39 is 0 Å². The topological polar surface area (TPSA) is 91.0 Å². The molecular weight excluding hydrogens is 378 g/mol. The van der Waals surface area contributed by atoms with Gasteiger partial charge in [0.25, 0.3) is 11.5 Å². The number of aromatic nitrogens is 3. The van der Waals surface area contributed by atoms with Crippen LogP contribution >= 0.6 is 0 Å². The number of aryl methyl sites for hydroxylation is 1. The molecule has 1 fully saturated rings. The number of pyridine rings is 3. The van der Waals surface area contributed by atoms with Gasteiger partial charge in [-0.25, -0.2) is 0 Å². The lowest BCUT2D eigenvalue weighted by Crippen LogP contribution is -2.21. The number of aromatic amines is 1. The van der Waals surface area contributed by atoms with Gasteiger partial charge in [0.15, 0.2) is 0 Å². The molecule has 1 aliphatic heterocycles. The van der Waals surface area contributed by atoms with Crippen LogP contribution < -0.4 is 10.9 Å². The van der Waals surface area contributed by atoms with Crippen LogP contribution in [0, 0.1) is 5.92 Å². The molecule has 3 aromatic heterocycles. The molecule has 4 rings (SSSR count). The van der Waals surface area contributed by atoms with Gasteiger partial charge in [0.05, 0.1) is 11.0 Å². The van der Waals surface area contributed by atoms with Gasteiger partial charge in [0.2, 0.25) is 0 Å². The average molecular weight is 406 g/mol. The van der Waals surface area contributed by atoms with Gasteiger partial charge in [0.1, 0.15) is 5.69 Å². The molecule has 0 aliphatic carbocycles. The summed E-state index contributed by atoms with van der Waals surface area (Å²) in [6.45, 7) is 4.85. The summed E-state index contributed by atoms with van der Waals surface area (Å²) in [5.74, 6) is 0.405. The molecule has 1 saturated heterocycles. The van der Waals surface area contributed by atoms with Crippen LogP contribution in [0.4, 0.5) is 0 Å². The van der Waals surface area contributed by atoms with Crippen molar-refractivity contribution in [3.05, 3.63) is 69.4 Å². The van der Waals surface area contributed by atoms with Crippen LogP contribution in [0.5, 0.6) is 0 Å². The van der Waals surface area contributed by atoms with Crippen molar-refractivity contribution in [2.75, 3.05) is 20.1 Å². The second-order valence-corrected chi connectivity index (χ2v) is 7.98. The standard InChI is InChI=1S/C23H27N5O2/c1-3-18-10-20-21(27-22(18)29)9-17(12-26-20)14-28-7-6-16(13-28)8-15-4-5-19(25-11-15)23(30)24-2/h4-5,9-12,16H,3,6-8,13-14H2,1-2H3,(H,24,30)(H,27,29). The maximum atomic E-state index is 12.1. The summed E-state index contributed by atoms with van der Waals surface area (Å²) in [5.41, 5.74) is 5.09. The highest BCUT2D eigenvalue weighted by molar-refractivity contribution is 5.91. The first-order chi connectivity index (χ1) is 14.6. The zero-order valence-electron chi connectivity index (χ0n) is 17.4. The number of hydrogen-bond donors (Lipinski definition) is 2. The second-order valence-electron chi connectivity index (χ2n) is 7.98. The Hall–Kier alpha value is -3.06. The van der Waals surface area contributed by atoms with Crippen molar-refractivity contribution in [1.29, 1.82) is 0 Å². The normalized spacial score (nSPS) is 16.8. The fourth-order valence-electron chi connectivity index (χ4n) is 4.14. The van der Waals surface area contributed by atoms with Crippen molar-refractivity contribution in [1.82, 2.24) is 25.2 Å². The number of amides is 1. The molecular formula is C23H27N5O2. The minimum Gasteiger partial charge on any atom is -0.354 e. The molecule has 2 N–H and O–H groups in total. The van der Waals surface area contributed by atoms with Crippen LogP contribution in [0.25, 0.3) is 11.0 Å². The van der Waals surface area contributed by atoms with Gasteiger partial charge in [-0.1, -0.05) is 13.0 Å². The Morgan fingerprint density at radius 2 is 2.07 bits per heavy atom. The molecule has 1 amide bonds. The number of fused-ring (bicyclic) bond motifs is 1. The second kappa shape index (κ2) is 8.75. The van der Waals surface area contributed by atoms with E-state index in [1.165, 1.54) is 0 Å². The predicted molar refractivity (Wildman–Crippen MR) is 116 cm³/mol. The largest absolute Gasteiger partial charge is 0.354 e. The summed E-state index contributed by atoms with van der Waals surface area (Å²) in [6, 6.07) is 7.70. The molecule has 0 saturated carbocycles. The highest BCUT2D eigenvalue weighted by atomic mass is 16.1. The Morgan fingerprint density at radius 1 is 1.23 bits per heavy atom. The maximum absolute atomic E-state index is 12.1. The lowest BCUT2D eigenvalue weighted by atomic mass is 10.00. The van der Waals surface area contributed by atoms with E-state index in [0.29, 0.717) is 18.0 Å². The van der Waals surface area contributed by atoms with E-state index in [9.17, 15) is 9.59 Å². The van der Waals surface area contributed by atoms with E-state index in [0.717, 1.165) is 60.2 Å². The Bertz CT molecular complexity index is 1110. The number of nitrogens with zero attached hydrogens (tertiary/aromatic N) is 3. The Kier molecular flexibility index (Phi) is 5.90. The highest BCUT2D eigenvalue weighted by Gasteiger charge is 2.23. The van der Waals surface area contributed by atoms with Crippen molar-refractivity contribution in [3.8, 4) is 0 Å². The molecule has 0 radical (unpaired) electrons. The maximum Gasteiger partial charge on any atom is 0.269 e. The SMILES string of the molecule is CCc1cc2ncc(CN3CCC(Cc4ccc(C(=O)NC)nc4)C3)cc2[nH]c1=O. The smallest absolute Gasteiger partial charge is 0.269 e. The molecule has 7 nitrogen and oxygen atoms in total. The number of rotatable bonds is 6. The number of nitrogens with one attached hydrogen (secondary N) is 2. The number of hydrogen-bond acceptors (Lipinski definition) is 5. The summed E-state index contributed by atoms with van der Waals surface area (Å²) >= 11 is 0. The summed E-state index contributed by atoms with van der Waals surface area (Å²) in [5, 5.41) is 2.59. The lowest BCUT2D eigenvalue weighted by Gasteiger charge is -2.16. The fourth-order valence-corrected chi connectivity index (χ4v) is 4.14. The van der Waals surface area contributed by atoms with Gasteiger partial charge >= 0.3 is 0 Å². The van der Waals surface area contributed by atoms with Crippen molar-refractivity contribution in [2.24, 2.45) is 5.92 Å². The number of H-pyrrole nitrogens is 1. The predicted octanol–water partition coefficient (Wildman–Crippen LogP) is 2.30. The van der Waals surface area contributed by atoms with E-state index in [2.05, 4.69) is 25.2 Å². The van der Waals surface area contributed by atoms with Crippen LogP contribution in [0.15, 0.2) is 41.5 Å². The molecule has 4 heterocycles. The Balaban J connectivity index is 1.38. The third-order valence-electron chi connectivity index (χ3n) is 5.79. The zero-order chi connectivity index (χ0) is 21.1. The third kappa shape index (κ3) is 4.41. The molecule has 156 valence electrons. The molecule has 0 bridgehead atoms. The van der Waals surface area contributed by atoms with Crippen molar-refractivity contribution in [2.45, 2.75) is 32.7 Å². The third-order valence-corrected chi connectivity index (χ3v) is 5.79. The van der Waals surface area contributed by atoms with Crippen LogP contribution in [-0.4, -0.2) is 45.9 Å².